The minimum absolute atomic E-state index is 0.156. The molecule has 0 spiro atoms. The van der Waals surface area contributed by atoms with Gasteiger partial charge >= 0.3 is 0 Å². The van der Waals surface area contributed by atoms with Crippen molar-refractivity contribution in [3.05, 3.63) is 76.9 Å². The Morgan fingerprint density at radius 2 is 1.92 bits per heavy atom. The van der Waals surface area contributed by atoms with Crippen LogP contribution in [0.2, 0.25) is 0 Å². The number of H-pyrrole nitrogens is 1. The molecule has 4 aromatic rings. The second kappa shape index (κ2) is 11.7. The van der Waals surface area contributed by atoms with Gasteiger partial charge in [-0.25, -0.2) is 9.37 Å². The Morgan fingerprint density at radius 3 is 2.69 bits per heavy atom. The van der Waals surface area contributed by atoms with E-state index >= 15 is 4.39 Å². The lowest BCUT2D eigenvalue weighted by Gasteiger charge is -2.22. The zero-order chi connectivity index (χ0) is 27.5. The van der Waals surface area contributed by atoms with Crippen LogP contribution in [0.3, 0.4) is 0 Å². The van der Waals surface area contributed by atoms with Gasteiger partial charge in [-0.15, -0.1) is 0 Å². The number of carbonyl (C=O) groups is 1. The van der Waals surface area contributed by atoms with Crippen LogP contribution >= 0.6 is 0 Å². The molecule has 39 heavy (non-hydrogen) atoms. The number of nitrogens with one attached hydrogen (secondary N) is 2. The van der Waals surface area contributed by atoms with Crippen LogP contribution in [0.15, 0.2) is 53.4 Å². The molecule has 1 aliphatic rings. The van der Waals surface area contributed by atoms with Gasteiger partial charge < -0.3 is 19.9 Å². The van der Waals surface area contributed by atoms with E-state index in [1.807, 2.05) is 30.3 Å². The predicted octanol–water partition coefficient (Wildman–Crippen LogP) is 5.20. The van der Waals surface area contributed by atoms with Gasteiger partial charge in [0, 0.05) is 29.0 Å². The number of hydrogen-bond donors (Lipinski definition) is 2. The summed E-state index contributed by atoms with van der Waals surface area (Å²) in [6, 6.07) is 15.2. The molecule has 1 atom stereocenters. The number of ether oxygens (including phenoxy) is 1. The van der Waals surface area contributed by atoms with Gasteiger partial charge in [-0.2, -0.15) is 0 Å². The lowest BCUT2D eigenvalue weighted by atomic mass is 10.0. The Labute approximate surface area is 230 Å². The van der Waals surface area contributed by atoms with E-state index in [9.17, 15) is 9.00 Å². The number of aromatic amines is 1. The summed E-state index contributed by atoms with van der Waals surface area (Å²) in [6.07, 6.45) is 0.332. The zero-order valence-electron chi connectivity index (χ0n) is 22.5. The number of nitrogens with zero attached hydrogens (tertiary/aromatic N) is 2. The summed E-state index contributed by atoms with van der Waals surface area (Å²) >= 11 is 0. The molecule has 204 valence electrons. The maximum Gasteiger partial charge on any atom is 0.254 e. The van der Waals surface area contributed by atoms with Gasteiger partial charge in [0.15, 0.2) is 0 Å². The average molecular weight is 549 g/mol. The number of rotatable bonds is 8. The Hall–Kier alpha value is -3.56. The first-order chi connectivity index (χ1) is 18.9. The molecular formula is C30H33FN4O3S. The van der Waals surface area contributed by atoms with Crippen LogP contribution in [0.25, 0.3) is 22.2 Å². The predicted molar refractivity (Wildman–Crippen MR) is 152 cm³/mol. The van der Waals surface area contributed by atoms with Crippen molar-refractivity contribution in [3.8, 4) is 16.9 Å². The zero-order valence-corrected chi connectivity index (χ0v) is 23.3. The van der Waals surface area contributed by atoms with Crippen LogP contribution in [-0.2, 0) is 30.3 Å². The fourth-order valence-electron chi connectivity index (χ4n) is 4.96. The average Bonchev–Trinajstić information content (AvgIpc) is 3.24. The first kappa shape index (κ1) is 27.0. The van der Waals surface area contributed by atoms with Crippen molar-refractivity contribution in [1.82, 2.24) is 20.2 Å². The van der Waals surface area contributed by atoms with Crippen LogP contribution in [0.1, 0.15) is 48.1 Å². The molecule has 0 fully saturated rings. The summed E-state index contributed by atoms with van der Waals surface area (Å²) in [4.78, 5) is 23.5. The van der Waals surface area contributed by atoms with Gasteiger partial charge in [0.25, 0.3) is 5.91 Å². The molecule has 1 aliphatic heterocycles. The topological polar surface area (TPSA) is 87.3 Å². The first-order valence-corrected chi connectivity index (χ1v) is 14.7. The number of amides is 1. The third-order valence-electron chi connectivity index (χ3n) is 7.03. The van der Waals surface area contributed by atoms with E-state index < -0.39 is 16.6 Å². The van der Waals surface area contributed by atoms with Crippen LogP contribution in [0.5, 0.6) is 5.75 Å². The highest BCUT2D eigenvalue weighted by atomic mass is 32.2. The summed E-state index contributed by atoms with van der Waals surface area (Å²) < 4.78 is 33.5. The van der Waals surface area contributed by atoms with E-state index in [1.54, 1.807) is 24.8 Å². The second-order valence-electron chi connectivity index (χ2n) is 9.48. The molecular weight excluding hydrogens is 515 g/mol. The molecule has 0 radical (unpaired) electrons. The molecule has 1 unspecified atom stereocenters. The third-order valence-corrected chi connectivity index (χ3v) is 8.36. The minimum atomic E-state index is -1.43. The van der Waals surface area contributed by atoms with E-state index in [0.717, 1.165) is 45.8 Å². The molecule has 1 aromatic heterocycles. The Morgan fingerprint density at radius 1 is 1.13 bits per heavy atom. The SMILES string of the molecule is CCNCc1nc2ccc(-c3ccc4c(c3)CN(C(=O)c3ccc(S(=O)CC)c(F)c3CC)CCO4)cc2[nH]1. The standard InChI is InChI=1S/C30H33FN4O3S/c1-4-22-23(9-12-27(29(22)31)39(37)6-3)30(36)35-13-14-38-26-11-8-19(15-21(26)18-35)20-7-10-24-25(16-20)34-28(33-24)17-32-5-2/h7-12,15-16,32H,4-6,13-14,17-18H2,1-3H3,(H,33,34). The van der Waals surface area contributed by atoms with Crippen LogP contribution in [0, 0.1) is 5.82 Å². The van der Waals surface area contributed by atoms with Crippen molar-refractivity contribution < 1.29 is 18.1 Å². The maximum absolute atomic E-state index is 15.2. The smallest absolute Gasteiger partial charge is 0.254 e. The number of hydrogen-bond acceptors (Lipinski definition) is 5. The van der Waals surface area contributed by atoms with E-state index in [0.29, 0.717) is 49.5 Å². The van der Waals surface area contributed by atoms with Gasteiger partial charge in [0.1, 0.15) is 24.0 Å². The van der Waals surface area contributed by atoms with Gasteiger partial charge in [0.05, 0.1) is 39.8 Å². The lowest BCUT2D eigenvalue weighted by Crippen LogP contribution is -2.33. The summed E-state index contributed by atoms with van der Waals surface area (Å²) in [7, 11) is -1.43. The summed E-state index contributed by atoms with van der Waals surface area (Å²) in [5, 5.41) is 3.28. The Kier molecular flexibility index (Phi) is 8.09. The fraction of sp³-hybridized carbons (Fsp3) is 0.333. The Balaban J connectivity index is 1.43. The third kappa shape index (κ3) is 5.46. The molecule has 0 bridgehead atoms. The molecule has 7 nitrogen and oxygen atoms in total. The summed E-state index contributed by atoms with van der Waals surface area (Å²) in [6.45, 7) is 8.24. The number of aromatic nitrogens is 2. The van der Waals surface area contributed by atoms with Gasteiger partial charge in [-0.1, -0.05) is 32.9 Å². The summed E-state index contributed by atoms with van der Waals surface area (Å²) in [5.74, 6) is 1.15. The van der Waals surface area contributed by atoms with E-state index in [-0.39, 0.29) is 10.8 Å². The molecule has 2 heterocycles. The molecule has 0 aliphatic carbocycles. The van der Waals surface area contributed by atoms with Crippen molar-refractivity contribution in [2.75, 3.05) is 25.4 Å². The normalized spacial score (nSPS) is 14.1. The van der Waals surface area contributed by atoms with Crippen molar-refractivity contribution in [2.24, 2.45) is 0 Å². The molecule has 9 heteroatoms. The number of fused-ring (bicyclic) bond motifs is 2. The van der Waals surface area contributed by atoms with Gasteiger partial charge in [0.2, 0.25) is 0 Å². The van der Waals surface area contributed by atoms with Crippen LogP contribution in [-0.4, -0.2) is 50.4 Å². The largest absolute Gasteiger partial charge is 0.491 e. The van der Waals surface area contributed by atoms with Gasteiger partial charge in [-0.3, -0.25) is 9.00 Å². The van der Waals surface area contributed by atoms with Crippen molar-refractivity contribution >= 4 is 27.7 Å². The molecule has 2 N–H and O–H groups in total. The lowest BCUT2D eigenvalue weighted by molar-refractivity contribution is 0.0731. The molecule has 1 amide bonds. The minimum Gasteiger partial charge on any atom is -0.491 e. The van der Waals surface area contributed by atoms with E-state index in [2.05, 4.69) is 28.3 Å². The highest BCUT2D eigenvalue weighted by Gasteiger charge is 2.26. The van der Waals surface area contributed by atoms with Crippen molar-refractivity contribution in [3.63, 3.8) is 0 Å². The quantitative estimate of drug-likeness (QED) is 0.316. The maximum atomic E-state index is 15.2. The van der Waals surface area contributed by atoms with E-state index in [4.69, 9.17) is 4.74 Å². The van der Waals surface area contributed by atoms with Crippen LogP contribution < -0.4 is 10.1 Å². The number of halogens is 1. The molecule has 3 aromatic carbocycles. The molecule has 0 saturated carbocycles. The molecule has 0 saturated heterocycles. The van der Waals surface area contributed by atoms with Crippen LogP contribution in [0.4, 0.5) is 4.39 Å². The Bertz CT molecular complexity index is 1550. The number of benzene rings is 3. The van der Waals surface area contributed by atoms with E-state index in [1.165, 1.54) is 6.07 Å². The summed E-state index contributed by atoms with van der Waals surface area (Å²) in [5.41, 5.74) is 5.41. The monoisotopic (exact) mass is 548 g/mol. The van der Waals surface area contributed by atoms with Gasteiger partial charge in [-0.05, 0) is 60.5 Å². The first-order valence-electron chi connectivity index (χ1n) is 13.4. The number of carbonyl (C=O) groups excluding carboxylic acids is 1. The van der Waals surface area contributed by atoms with Crippen molar-refractivity contribution in [2.45, 2.75) is 45.2 Å². The fourth-order valence-corrected chi connectivity index (χ4v) is 5.82. The number of imidazole rings is 1. The molecule has 5 rings (SSSR count). The van der Waals surface area contributed by atoms with Crippen molar-refractivity contribution in [1.29, 1.82) is 0 Å². The highest BCUT2D eigenvalue weighted by molar-refractivity contribution is 7.85. The highest BCUT2D eigenvalue weighted by Crippen LogP contribution is 2.32. The second-order valence-corrected chi connectivity index (χ2v) is 11.2.